The van der Waals surface area contributed by atoms with Crippen molar-refractivity contribution in [2.45, 2.75) is 17.7 Å². The molecule has 1 aromatic heterocycles. The second kappa shape index (κ2) is 9.26. The van der Waals surface area contributed by atoms with Gasteiger partial charge in [0.1, 0.15) is 5.82 Å². The minimum absolute atomic E-state index is 0.463. The van der Waals surface area contributed by atoms with E-state index >= 15 is 0 Å². The number of allylic oxidation sites excluding steroid dienone is 3. The number of nitrogens with zero attached hydrogens (tertiary/aromatic N) is 2. The molecule has 3 rings (SSSR count). The minimum atomic E-state index is 0.463. The fraction of sp³-hybridized carbons (Fsp3) is 0.286. The average Bonchev–Trinajstić information content (AvgIpc) is 3.31. The Morgan fingerprint density at radius 3 is 2.63 bits per heavy atom. The van der Waals surface area contributed by atoms with Crippen LogP contribution in [0.25, 0.3) is 5.57 Å². The molecule has 0 radical (unpaired) electrons. The Balaban J connectivity index is 1.55. The molecule has 0 aliphatic carbocycles. The number of thioether (sulfide) groups is 1. The summed E-state index contributed by atoms with van der Waals surface area (Å²) in [6.07, 6.45) is 4.38. The van der Waals surface area contributed by atoms with E-state index in [4.69, 9.17) is 5.73 Å². The fourth-order valence-corrected chi connectivity index (χ4v) is 4.75. The molecular formula is C21H26N4S2. The van der Waals surface area contributed by atoms with Crippen molar-refractivity contribution in [3.8, 4) is 0 Å². The van der Waals surface area contributed by atoms with E-state index in [1.807, 2.05) is 11.8 Å². The molecule has 2 heterocycles. The molecule has 0 amide bonds. The van der Waals surface area contributed by atoms with E-state index in [0.29, 0.717) is 5.82 Å². The smallest absolute Gasteiger partial charge is 0.189 e. The number of anilines is 3. The number of hydrogen-bond donors (Lipinski definition) is 2. The lowest BCUT2D eigenvalue weighted by molar-refractivity contribution is 0.362. The van der Waals surface area contributed by atoms with Gasteiger partial charge >= 0.3 is 0 Å². The van der Waals surface area contributed by atoms with Crippen LogP contribution in [0.2, 0.25) is 0 Å². The van der Waals surface area contributed by atoms with Crippen molar-refractivity contribution in [3.63, 3.8) is 0 Å². The zero-order valence-corrected chi connectivity index (χ0v) is 17.2. The number of rotatable bonds is 9. The maximum Gasteiger partial charge on any atom is 0.189 e. The monoisotopic (exact) mass is 398 g/mol. The molecule has 1 saturated heterocycles. The second-order valence-corrected chi connectivity index (χ2v) is 8.66. The van der Waals surface area contributed by atoms with Gasteiger partial charge in [-0.3, -0.25) is 0 Å². The third-order valence-corrected chi connectivity index (χ3v) is 6.58. The molecule has 1 aliphatic rings. The zero-order chi connectivity index (χ0) is 19.2. The summed E-state index contributed by atoms with van der Waals surface area (Å²) >= 11 is 3.38. The van der Waals surface area contributed by atoms with Crippen LogP contribution in [-0.4, -0.2) is 35.3 Å². The molecule has 2 aromatic rings. The van der Waals surface area contributed by atoms with Gasteiger partial charge in [-0.2, -0.15) is 0 Å². The van der Waals surface area contributed by atoms with Gasteiger partial charge in [0.05, 0.1) is 4.88 Å². The second-order valence-electron chi connectivity index (χ2n) is 6.49. The first-order valence-electron chi connectivity index (χ1n) is 9.06. The van der Waals surface area contributed by atoms with Crippen LogP contribution >= 0.6 is 23.1 Å². The summed E-state index contributed by atoms with van der Waals surface area (Å²) in [6.45, 7) is 15.4. The van der Waals surface area contributed by atoms with E-state index in [-0.39, 0.29) is 0 Å². The highest BCUT2D eigenvalue weighted by Crippen LogP contribution is 2.35. The minimum Gasteiger partial charge on any atom is -0.382 e. The maximum atomic E-state index is 6.03. The SMILES string of the molecule is C=CC(=C)C(=C)c1sc(Nc2ccc(SCCN3CCCC3)cc2)nc1N. The van der Waals surface area contributed by atoms with Crippen molar-refractivity contribution in [2.75, 3.05) is 36.4 Å². The molecule has 3 N–H and O–H groups in total. The van der Waals surface area contributed by atoms with Crippen molar-refractivity contribution in [3.05, 3.63) is 60.5 Å². The third kappa shape index (κ3) is 5.25. The van der Waals surface area contributed by atoms with E-state index in [1.165, 1.54) is 48.7 Å². The van der Waals surface area contributed by atoms with E-state index in [0.717, 1.165) is 32.6 Å². The topological polar surface area (TPSA) is 54.2 Å². The van der Waals surface area contributed by atoms with E-state index in [2.05, 4.69) is 59.2 Å². The normalized spacial score (nSPS) is 14.2. The van der Waals surface area contributed by atoms with Gasteiger partial charge in [-0.25, -0.2) is 4.98 Å². The molecule has 0 unspecified atom stereocenters. The summed E-state index contributed by atoms with van der Waals surface area (Å²) < 4.78 is 0. The number of thiazole rings is 1. The van der Waals surface area contributed by atoms with Crippen LogP contribution in [0.4, 0.5) is 16.6 Å². The lowest BCUT2D eigenvalue weighted by Gasteiger charge is -2.13. The standard InChI is InChI=1S/C21H26N4S2/c1-4-15(2)16(3)19-20(22)24-21(27-19)23-17-7-9-18(10-8-17)26-14-13-25-11-5-6-12-25/h4,7-10H,1-3,5-6,11-14,22H2,(H,23,24). The van der Waals surface area contributed by atoms with E-state index in [9.17, 15) is 0 Å². The Morgan fingerprint density at radius 2 is 1.96 bits per heavy atom. The van der Waals surface area contributed by atoms with E-state index in [1.54, 1.807) is 6.08 Å². The maximum absolute atomic E-state index is 6.03. The molecule has 1 fully saturated rings. The molecule has 0 bridgehead atoms. The molecular weight excluding hydrogens is 372 g/mol. The zero-order valence-electron chi connectivity index (χ0n) is 15.5. The number of aromatic nitrogens is 1. The van der Waals surface area contributed by atoms with Crippen LogP contribution in [0.3, 0.4) is 0 Å². The van der Waals surface area contributed by atoms with Gasteiger partial charge in [0.25, 0.3) is 0 Å². The Kier molecular flexibility index (Phi) is 6.77. The molecule has 142 valence electrons. The van der Waals surface area contributed by atoms with Crippen LogP contribution in [0.5, 0.6) is 0 Å². The Bertz CT molecular complexity index is 817. The third-order valence-electron chi connectivity index (χ3n) is 4.54. The Labute approximate surface area is 169 Å². The molecule has 6 heteroatoms. The number of likely N-dealkylation sites (tertiary alicyclic amines) is 1. The Hall–Kier alpha value is -2.02. The quantitative estimate of drug-likeness (QED) is 0.437. The molecule has 4 nitrogen and oxygen atoms in total. The number of nitrogen functional groups attached to an aromatic ring is 1. The predicted octanol–water partition coefficient (Wildman–Crippen LogP) is 5.41. The lowest BCUT2D eigenvalue weighted by atomic mass is 10.1. The highest BCUT2D eigenvalue weighted by Gasteiger charge is 2.13. The van der Waals surface area contributed by atoms with Crippen molar-refractivity contribution in [2.24, 2.45) is 0 Å². The summed E-state index contributed by atoms with van der Waals surface area (Å²) in [4.78, 5) is 9.06. The van der Waals surface area contributed by atoms with Crippen LogP contribution < -0.4 is 11.1 Å². The van der Waals surface area contributed by atoms with Crippen molar-refractivity contribution < 1.29 is 0 Å². The number of hydrogen-bond acceptors (Lipinski definition) is 6. The predicted molar refractivity (Wildman–Crippen MR) is 121 cm³/mol. The van der Waals surface area contributed by atoms with Gasteiger partial charge in [0.15, 0.2) is 5.13 Å². The van der Waals surface area contributed by atoms with E-state index < -0.39 is 0 Å². The summed E-state index contributed by atoms with van der Waals surface area (Å²) in [5.41, 5.74) is 8.55. The highest BCUT2D eigenvalue weighted by molar-refractivity contribution is 7.99. The van der Waals surface area contributed by atoms with Crippen molar-refractivity contribution >= 4 is 45.3 Å². The molecule has 27 heavy (non-hydrogen) atoms. The molecule has 0 atom stereocenters. The number of nitrogens with one attached hydrogen (secondary N) is 1. The lowest BCUT2D eigenvalue weighted by Crippen LogP contribution is -2.21. The summed E-state index contributed by atoms with van der Waals surface area (Å²) in [5, 5.41) is 4.06. The molecule has 0 spiro atoms. The van der Waals surface area contributed by atoms with Crippen LogP contribution in [0, 0.1) is 0 Å². The van der Waals surface area contributed by atoms with Gasteiger partial charge in [0.2, 0.25) is 0 Å². The number of nitrogens with two attached hydrogens (primary N) is 1. The largest absolute Gasteiger partial charge is 0.382 e. The summed E-state index contributed by atoms with van der Waals surface area (Å²) in [5.74, 6) is 1.60. The fourth-order valence-electron chi connectivity index (χ4n) is 2.93. The van der Waals surface area contributed by atoms with Crippen LogP contribution in [0.1, 0.15) is 17.7 Å². The molecule has 0 saturated carbocycles. The van der Waals surface area contributed by atoms with Crippen LogP contribution in [-0.2, 0) is 0 Å². The molecule has 1 aliphatic heterocycles. The van der Waals surface area contributed by atoms with Gasteiger partial charge in [-0.1, -0.05) is 37.1 Å². The first kappa shape index (κ1) is 19.7. The van der Waals surface area contributed by atoms with Crippen LogP contribution in [0.15, 0.2) is 60.5 Å². The van der Waals surface area contributed by atoms with Gasteiger partial charge in [-0.05, 0) is 61.3 Å². The molecule has 1 aromatic carbocycles. The summed E-state index contributed by atoms with van der Waals surface area (Å²) in [6, 6.07) is 8.45. The summed E-state index contributed by atoms with van der Waals surface area (Å²) in [7, 11) is 0. The first-order valence-corrected chi connectivity index (χ1v) is 10.9. The van der Waals surface area contributed by atoms with Crippen molar-refractivity contribution in [1.82, 2.24) is 9.88 Å². The Morgan fingerprint density at radius 1 is 1.26 bits per heavy atom. The average molecular weight is 399 g/mol. The van der Waals surface area contributed by atoms with Gasteiger partial charge in [-0.15, -0.1) is 11.8 Å². The first-order chi connectivity index (χ1) is 13.1. The van der Waals surface area contributed by atoms with Gasteiger partial charge in [0, 0.05) is 22.9 Å². The van der Waals surface area contributed by atoms with Crippen molar-refractivity contribution in [1.29, 1.82) is 0 Å². The van der Waals surface area contributed by atoms with Gasteiger partial charge < -0.3 is 16.0 Å². The number of benzene rings is 1. The highest BCUT2D eigenvalue weighted by atomic mass is 32.2.